The highest BCUT2D eigenvalue weighted by Crippen LogP contribution is 2.46. The summed E-state index contributed by atoms with van der Waals surface area (Å²) in [6, 6.07) is 79.3. The van der Waals surface area contributed by atoms with Gasteiger partial charge in [-0.3, -0.25) is 0 Å². The molecule has 5 heteroatoms. The molecule has 65 heavy (non-hydrogen) atoms. The Labute approximate surface area is 374 Å². The molecule has 0 saturated heterocycles. The van der Waals surface area contributed by atoms with Gasteiger partial charge in [-0.05, 0) is 69.1 Å². The van der Waals surface area contributed by atoms with Crippen LogP contribution in [0.25, 0.3) is 127 Å². The summed E-state index contributed by atoms with van der Waals surface area (Å²) >= 11 is 0. The van der Waals surface area contributed by atoms with Crippen LogP contribution in [0.15, 0.2) is 224 Å². The van der Waals surface area contributed by atoms with E-state index in [9.17, 15) is 0 Å². The molecular weight excluding hydrogens is 791 g/mol. The average molecular weight is 828 g/mol. The molecule has 3 heterocycles. The smallest absolute Gasteiger partial charge is 0.164 e. The molecule has 302 valence electrons. The Morgan fingerprint density at radius 3 is 1.52 bits per heavy atom. The topological polar surface area (TPSA) is 56.5 Å². The van der Waals surface area contributed by atoms with Crippen molar-refractivity contribution in [2.24, 2.45) is 0 Å². The van der Waals surface area contributed by atoms with Crippen molar-refractivity contribution in [1.82, 2.24) is 24.5 Å². The number of pyridine rings is 1. The highest BCUT2D eigenvalue weighted by Gasteiger charge is 2.22. The number of aromatic nitrogens is 5. The van der Waals surface area contributed by atoms with E-state index in [1.165, 1.54) is 32.4 Å². The van der Waals surface area contributed by atoms with E-state index in [2.05, 4.69) is 168 Å². The minimum absolute atomic E-state index is 0.625. The molecular formula is C60H37N5. The molecule has 0 unspecified atom stereocenters. The summed E-state index contributed by atoms with van der Waals surface area (Å²) in [5, 5.41) is 10.6. The first-order valence-electron chi connectivity index (χ1n) is 22.0. The number of para-hydroxylation sites is 2. The van der Waals surface area contributed by atoms with Crippen LogP contribution in [0, 0.1) is 0 Å². The van der Waals surface area contributed by atoms with Crippen LogP contribution in [0.1, 0.15) is 0 Å². The molecule has 0 bridgehead atoms. The van der Waals surface area contributed by atoms with Gasteiger partial charge in [-0.2, -0.15) is 0 Å². The molecule has 0 aliphatic heterocycles. The fourth-order valence-electron chi connectivity index (χ4n) is 9.80. The zero-order valence-electron chi connectivity index (χ0n) is 35.1. The van der Waals surface area contributed by atoms with Gasteiger partial charge in [0.2, 0.25) is 0 Å². The van der Waals surface area contributed by atoms with Crippen molar-refractivity contribution in [1.29, 1.82) is 0 Å². The zero-order valence-corrected chi connectivity index (χ0v) is 35.1. The number of fused-ring (bicyclic) bond motifs is 10. The predicted molar refractivity (Wildman–Crippen MR) is 269 cm³/mol. The molecule has 13 rings (SSSR count). The summed E-state index contributed by atoms with van der Waals surface area (Å²) < 4.78 is 2.41. The van der Waals surface area contributed by atoms with E-state index in [0.29, 0.717) is 17.5 Å². The number of hydrogen-bond donors (Lipinski definition) is 0. The third-order valence-electron chi connectivity index (χ3n) is 12.8. The Morgan fingerprint density at radius 2 is 0.831 bits per heavy atom. The quantitative estimate of drug-likeness (QED) is 0.157. The molecule has 13 aromatic rings. The van der Waals surface area contributed by atoms with Gasteiger partial charge in [0.15, 0.2) is 17.5 Å². The summed E-state index contributed by atoms with van der Waals surface area (Å²) in [4.78, 5) is 20.6. The van der Waals surface area contributed by atoms with Crippen LogP contribution in [0.3, 0.4) is 0 Å². The van der Waals surface area contributed by atoms with Crippen LogP contribution in [0.4, 0.5) is 0 Å². The maximum Gasteiger partial charge on any atom is 0.164 e. The summed E-state index contributed by atoms with van der Waals surface area (Å²) in [7, 11) is 0. The molecule has 10 aromatic carbocycles. The van der Waals surface area contributed by atoms with E-state index in [-0.39, 0.29) is 0 Å². The molecule has 0 aliphatic carbocycles. The van der Waals surface area contributed by atoms with Crippen molar-refractivity contribution in [3.05, 3.63) is 224 Å². The van der Waals surface area contributed by atoms with Gasteiger partial charge in [0.1, 0.15) is 0 Å². The molecule has 0 spiro atoms. The maximum atomic E-state index is 5.68. The third kappa shape index (κ3) is 6.09. The van der Waals surface area contributed by atoms with E-state index in [0.717, 1.165) is 77.3 Å². The van der Waals surface area contributed by atoms with Gasteiger partial charge < -0.3 is 4.57 Å². The Balaban J connectivity index is 1.06. The highest BCUT2D eigenvalue weighted by molar-refractivity contribution is 6.34. The standard InChI is InChI=1S/C60H37N5/c1-4-17-40(18-5-1)58-62-59(41-19-6-2-7-20-41)64-60(63-58)42-31-29-39(30-32-42)50-37-51-54(47-25-13-12-24-46(47)50)56-49(57(61-51)44-33-28-38-16-10-11-21-43(38)36-44)34-35-53-55(56)48-26-14-15-27-52(48)65(53)45-22-8-3-9-23-45/h1-37H. The summed E-state index contributed by atoms with van der Waals surface area (Å²) in [6.07, 6.45) is 0. The summed E-state index contributed by atoms with van der Waals surface area (Å²) in [5.74, 6) is 1.90. The lowest BCUT2D eigenvalue weighted by Crippen LogP contribution is -2.00. The van der Waals surface area contributed by atoms with Gasteiger partial charge >= 0.3 is 0 Å². The van der Waals surface area contributed by atoms with E-state index in [1.807, 2.05) is 60.7 Å². The number of benzene rings is 10. The molecule has 0 radical (unpaired) electrons. The highest BCUT2D eigenvalue weighted by atomic mass is 15.0. The molecule has 0 fully saturated rings. The zero-order chi connectivity index (χ0) is 42.8. The third-order valence-corrected chi connectivity index (χ3v) is 12.8. The Morgan fingerprint density at radius 1 is 0.292 bits per heavy atom. The molecule has 0 amide bonds. The van der Waals surface area contributed by atoms with Crippen molar-refractivity contribution in [2.45, 2.75) is 0 Å². The van der Waals surface area contributed by atoms with Crippen LogP contribution in [0.5, 0.6) is 0 Å². The van der Waals surface area contributed by atoms with Crippen molar-refractivity contribution >= 4 is 65.0 Å². The van der Waals surface area contributed by atoms with E-state index < -0.39 is 0 Å². The first-order chi connectivity index (χ1) is 32.2. The Kier molecular flexibility index (Phi) is 8.46. The van der Waals surface area contributed by atoms with Gasteiger partial charge in [0, 0.05) is 54.9 Å². The van der Waals surface area contributed by atoms with Gasteiger partial charge in [-0.25, -0.2) is 19.9 Å². The van der Waals surface area contributed by atoms with Crippen LogP contribution in [-0.2, 0) is 0 Å². The average Bonchev–Trinajstić information content (AvgIpc) is 3.73. The fourth-order valence-corrected chi connectivity index (χ4v) is 9.80. The Hall–Kier alpha value is -8.80. The number of rotatable bonds is 6. The van der Waals surface area contributed by atoms with E-state index >= 15 is 0 Å². The molecule has 0 N–H and O–H groups in total. The minimum Gasteiger partial charge on any atom is -0.309 e. The monoisotopic (exact) mass is 827 g/mol. The maximum absolute atomic E-state index is 5.68. The minimum atomic E-state index is 0.625. The first-order valence-corrected chi connectivity index (χ1v) is 22.0. The van der Waals surface area contributed by atoms with Gasteiger partial charge in [0.25, 0.3) is 0 Å². The van der Waals surface area contributed by atoms with Gasteiger partial charge in [0.05, 0.1) is 22.2 Å². The second-order valence-corrected chi connectivity index (χ2v) is 16.6. The second-order valence-electron chi connectivity index (χ2n) is 16.6. The van der Waals surface area contributed by atoms with Gasteiger partial charge in [-0.15, -0.1) is 0 Å². The molecule has 3 aromatic heterocycles. The van der Waals surface area contributed by atoms with Crippen LogP contribution < -0.4 is 0 Å². The molecule has 5 nitrogen and oxygen atoms in total. The first kappa shape index (κ1) is 36.8. The van der Waals surface area contributed by atoms with E-state index in [4.69, 9.17) is 19.9 Å². The predicted octanol–water partition coefficient (Wildman–Crippen LogP) is 15.3. The Bertz CT molecular complexity index is 3920. The molecule has 0 atom stereocenters. The fraction of sp³-hybridized carbons (Fsp3) is 0. The SMILES string of the molecule is c1ccc(-c2nc(-c3ccccc3)nc(-c3ccc(-c4cc5nc(-c6ccc7ccccc7c6)c6ccc7c(c8ccccc8n7-c7ccccc7)c6c5c5ccccc45)cc3)n2)cc1. The lowest BCUT2D eigenvalue weighted by atomic mass is 9.89. The van der Waals surface area contributed by atoms with Gasteiger partial charge in [-0.1, -0.05) is 188 Å². The number of nitrogens with zero attached hydrogens (tertiary/aromatic N) is 5. The van der Waals surface area contributed by atoms with E-state index in [1.54, 1.807) is 0 Å². The molecule has 0 aliphatic rings. The van der Waals surface area contributed by atoms with Crippen molar-refractivity contribution in [3.63, 3.8) is 0 Å². The summed E-state index contributed by atoms with van der Waals surface area (Å²) in [6.45, 7) is 0. The number of hydrogen-bond acceptors (Lipinski definition) is 4. The lowest BCUT2D eigenvalue weighted by molar-refractivity contribution is 1.07. The summed E-state index contributed by atoms with van der Waals surface area (Å²) in [5.41, 5.74) is 11.5. The van der Waals surface area contributed by atoms with Crippen molar-refractivity contribution in [3.8, 4) is 62.2 Å². The largest absolute Gasteiger partial charge is 0.309 e. The van der Waals surface area contributed by atoms with Crippen molar-refractivity contribution in [2.75, 3.05) is 0 Å². The van der Waals surface area contributed by atoms with Crippen LogP contribution in [-0.4, -0.2) is 24.5 Å². The lowest BCUT2D eigenvalue weighted by Gasteiger charge is -2.17. The van der Waals surface area contributed by atoms with Crippen LogP contribution in [0.2, 0.25) is 0 Å². The normalized spacial score (nSPS) is 11.7. The van der Waals surface area contributed by atoms with Crippen molar-refractivity contribution < 1.29 is 0 Å². The molecule has 0 saturated carbocycles. The second kappa shape index (κ2) is 14.9. The van der Waals surface area contributed by atoms with Crippen LogP contribution >= 0.6 is 0 Å².